The Hall–Kier alpha value is -2.57. The first kappa shape index (κ1) is 23.1. The highest BCUT2D eigenvalue weighted by atomic mass is 35.5. The van der Waals surface area contributed by atoms with Gasteiger partial charge in [0.05, 0.1) is 28.1 Å². The summed E-state index contributed by atoms with van der Waals surface area (Å²) in [6.07, 6.45) is 1.57. The second kappa shape index (κ2) is 9.28. The molecule has 0 saturated carbocycles. The average Bonchev–Trinajstić information content (AvgIpc) is 3.04. The van der Waals surface area contributed by atoms with Gasteiger partial charge in [-0.3, -0.25) is 14.2 Å². The number of aromatic nitrogens is 1. The summed E-state index contributed by atoms with van der Waals surface area (Å²) in [5.74, 6) is -3.31. The zero-order valence-corrected chi connectivity index (χ0v) is 18.9. The van der Waals surface area contributed by atoms with E-state index in [1.54, 1.807) is 13.8 Å². The number of benzene rings is 2. The molecule has 1 atom stereocenters. The number of halogens is 3. The molecular weight excluding hydrogens is 444 g/mol. The fourth-order valence-corrected chi connectivity index (χ4v) is 3.89. The maximum absolute atomic E-state index is 15.0. The molecule has 0 fully saturated rings. The Bertz CT molecular complexity index is 1170. The number of fused-ring (bicyclic) bond motifs is 1. The summed E-state index contributed by atoms with van der Waals surface area (Å²) in [5, 5.41) is 10.5. The number of phenols is 1. The number of hydrogen-bond donors (Lipinski definition) is 1. The summed E-state index contributed by atoms with van der Waals surface area (Å²) < 4.78 is 21.6. The van der Waals surface area contributed by atoms with Gasteiger partial charge in [-0.05, 0) is 56.2 Å². The van der Waals surface area contributed by atoms with Gasteiger partial charge >= 0.3 is 5.97 Å². The summed E-state index contributed by atoms with van der Waals surface area (Å²) in [7, 11) is 0. The topological polar surface area (TPSA) is 68.5 Å². The molecule has 0 amide bonds. The first-order valence-electron chi connectivity index (χ1n) is 9.87. The molecule has 1 N–H and O–H groups in total. The van der Waals surface area contributed by atoms with Crippen LogP contribution in [0.25, 0.3) is 10.9 Å². The van der Waals surface area contributed by atoms with Crippen LogP contribution in [0.4, 0.5) is 4.39 Å². The normalized spacial score (nSPS) is 12.2. The molecule has 0 aliphatic carbocycles. The maximum Gasteiger partial charge on any atom is 0.313 e. The van der Waals surface area contributed by atoms with E-state index < -0.39 is 29.4 Å². The zero-order valence-electron chi connectivity index (χ0n) is 17.3. The second-order valence-corrected chi connectivity index (χ2v) is 8.12. The summed E-state index contributed by atoms with van der Waals surface area (Å²) >= 11 is 12.0. The fourth-order valence-electron chi connectivity index (χ4n) is 3.59. The Morgan fingerprint density at radius 2 is 1.90 bits per heavy atom. The second-order valence-electron chi connectivity index (χ2n) is 7.30. The third-order valence-corrected chi connectivity index (χ3v) is 5.97. The van der Waals surface area contributed by atoms with Crippen molar-refractivity contribution in [3.8, 4) is 5.75 Å². The summed E-state index contributed by atoms with van der Waals surface area (Å²) in [5.41, 5.74) is 1.13. The summed E-state index contributed by atoms with van der Waals surface area (Å²) in [4.78, 5) is 25.9. The van der Waals surface area contributed by atoms with Gasteiger partial charge in [0.15, 0.2) is 11.6 Å². The van der Waals surface area contributed by atoms with Crippen molar-refractivity contribution < 1.29 is 23.8 Å². The third-order valence-electron chi connectivity index (χ3n) is 5.23. The first-order chi connectivity index (χ1) is 14.7. The Balaban J connectivity index is 2.18. The molecule has 0 saturated heterocycles. The van der Waals surface area contributed by atoms with Crippen LogP contribution in [0, 0.1) is 12.7 Å². The molecule has 31 heavy (non-hydrogen) atoms. The van der Waals surface area contributed by atoms with E-state index in [2.05, 4.69) is 0 Å². The number of phenolic OH excluding ortho intramolecular Hbond substituents is 1. The van der Waals surface area contributed by atoms with E-state index in [-0.39, 0.29) is 28.1 Å². The lowest BCUT2D eigenvalue weighted by atomic mass is 9.97. The van der Waals surface area contributed by atoms with Crippen molar-refractivity contribution in [3.63, 3.8) is 0 Å². The van der Waals surface area contributed by atoms with Crippen molar-refractivity contribution >= 4 is 46.0 Å². The molecule has 0 aliphatic heterocycles. The molecule has 8 heteroatoms. The number of nitrogens with zero attached hydrogens (tertiary/aromatic N) is 1. The van der Waals surface area contributed by atoms with Crippen LogP contribution in [0.5, 0.6) is 5.75 Å². The third kappa shape index (κ3) is 4.27. The van der Waals surface area contributed by atoms with Crippen molar-refractivity contribution in [1.29, 1.82) is 0 Å². The number of unbranched alkanes of at least 4 members (excludes halogenated alkanes) is 1. The first-order valence-corrected chi connectivity index (χ1v) is 10.6. The molecular formula is C23H22Cl2FNO4. The fraction of sp³-hybridized carbons (Fsp3) is 0.304. The Kier molecular flexibility index (Phi) is 6.92. The lowest BCUT2D eigenvalue weighted by Gasteiger charge is -2.13. The van der Waals surface area contributed by atoms with Gasteiger partial charge in [0.25, 0.3) is 5.91 Å². The summed E-state index contributed by atoms with van der Waals surface area (Å²) in [6, 6.07) is 7.05. The van der Waals surface area contributed by atoms with Gasteiger partial charge in [-0.25, -0.2) is 4.39 Å². The number of ether oxygens (including phenoxy) is 1. The highest BCUT2D eigenvalue weighted by Gasteiger charge is 2.30. The van der Waals surface area contributed by atoms with Crippen LogP contribution in [0.1, 0.15) is 54.2 Å². The maximum atomic E-state index is 15.0. The van der Waals surface area contributed by atoms with Crippen LogP contribution in [0.2, 0.25) is 10.0 Å². The molecule has 0 radical (unpaired) electrons. The van der Waals surface area contributed by atoms with E-state index in [0.717, 1.165) is 6.42 Å². The van der Waals surface area contributed by atoms with Crippen LogP contribution in [-0.2, 0) is 9.53 Å². The van der Waals surface area contributed by atoms with Gasteiger partial charge in [0, 0.05) is 16.6 Å². The van der Waals surface area contributed by atoms with Crippen molar-refractivity contribution in [2.75, 3.05) is 6.61 Å². The van der Waals surface area contributed by atoms with Crippen LogP contribution in [0.15, 0.2) is 30.3 Å². The van der Waals surface area contributed by atoms with E-state index in [1.807, 2.05) is 6.92 Å². The largest absolute Gasteiger partial charge is 0.505 e. The molecule has 0 unspecified atom stereocenters. The standard InChI is InChI=1S/C23H22Cl2FNO4/c1-4-5-10-31-23(30)12(2)19-13(3)27(17-8-9-18(28)21(26)20(17)19)22(29)14-6-7-15(24)16(25)11-14/h6-9,11-12,28H,4-5,10H2,1-3H3/t12-/m0/s1. The number of carbonyl (C=O) groups is 2. The van der Waals surface area contributed by atoms with Gasteiger partial charge in [-0.2, -0.15) is 0 Å². The minimum Gasteiger partial charge on any atom is -0.505 e. The molecule has 1 aromatic heterocycles. The van der Waals surface area contributed by atoms with Crippen LogP contribution >= 0.6 is 23.2 Å². The van der Waals surface area contributed by atoms with Gasteiger partial charge in [0.2, 0.25) is 0 Å². The lowest BCUT2D eigenvalue weighted by molar-refractivity contribution is -0.145. The van der Waals surface area contributed by atoms with Crippen molar-refractivity contribution in [1.82, 2.24) is 4.57 Å². The highest BCUT2D eigenvalue weighted by Crippen LogP contribution is 2.38. The average molecular weight is 466 g/mol. The van der Waals surface area contributed by atoms with Gasteiger partial charge in [0.1, 0.15) is 0 Å². The number of carbonyl (C=O) groups excluding carboxylic acids is 2. The summed E-state index contributed by atoms with van der Waals surface area (Å²) in [6.45, 7) is 5.44. The van der Waals surface area contributed by atoms with E-state index in [4.69, 9.17) is 27.9 Å². The van der Waals surface area contributed by atoms with E-state index in [9.17, 15) is 14.7 Å². The molecule has 3 aromatic rings. The Morgan fingerprint density at radius 1 is 1.19 bits per heavy atom. The van der Waals surface area contributed by atoms with E-state index in [0.29, 0.717) is 22.7 Å². The molecule has 0 aliphatic rings. The van der Waals surface area contributed by atoms with Crippen molar-refractivity contribution in [2.24, 2.45) is 0 Å². The smallest absolute Gasteiger partial charge is 0.313 e. The minimum absolute atomic E-state index is 0.00542. The Morgan fingerprint density at radius 3 is 2.55 bits per heavy atom. The number of esters is 1. The Labute approximate surface area is 189 Å². The predicted octanol–water partition coefficient (Wildman–Crippen LogP) is 6.24. The molecule has 164 valence electrons. The number of hydrogen-bond acceptors (Lipinski definition) is 4. The van der Waals surface area contributed by atoms with Crippen molar-refractivity contribution in [2.45, 2.75) is 39.5 Å². The highest BCUT2D eigenvalue weighted by molar-refractivity contribution is 6.42. The predicted molar refractivity (Wildman–Crippen MR) is 119 cm³/mol. The van der Waals surface area contributed by atoms with Gasteiger partial charge in [-0.15, -0.1) is 0 Å². The zero-order chi connectivity index (χ0) is 22.9. The molecule has 3 rings (SSSR count). The molecule has 0 spiro atoms. The number of aromatic hydroxyl groups is 1. The molecule has 5 nitrogen and oxygen atoms in total. The van der Waals surface area contributed by atoms with Gasteiger partial charge in [-0.1, -0.05) is 36.5 Å². The molecule has 1 heterocycles. The number of rotatable bonds is 6. The van der Waals surface area contributed by atoms with E-state index in [1.165, 1.54) is 34.9 Å². The van der Waals surface area contributed by atoms with Crippen LogP contribution in [0.3, 0.4) is 0 Å². The quantitative estimate of drug-likeness (QED) is 0.345. The monoisotopic (exact) mass is 465 g/mol. The van der Waals surface area contributed by atoms with Crippen LogP contribution < -0.4 is 0 Å². The molecule has 2 aromatic carbocycles. The van der Waals surface area contributed by atoms with Crippen LogP contribution in [-0.4, -0.2) is 28.2 Å². The van der Waals surface area contributed by atoms with Gasteiger partial charge < -0.3 is 9.84 Å². The lowest BCUT2D eigenvalue weighted by Crippen LogP contribution is -2.17. The van der Waals surface area contributed by atoms with Crippen molar-refractivity contribution in [3.05, 3.63) is 63.0 Å². The SMILES string of the molecule is CCCCOC(=O)[C@@H](C)c1c(C)n(C(=O)c2ccc(Cl)c(Cl)c2)c2ccc(O)c(F)c12. The van der Waals surface area contributed by atoms with E-state index >= 15 is 4.39 Å². The minimum atomic E-state index is -0.899. The molecule has 0 bridgehead atoms.